The Labute approximate surface area is 111 Å². The lowest BCUT2D eigenvalue weighted by Crippen LogP contribution is -2.12. The monoisotopic (exact) mass is 257 g/mol. The summed E-state index contributed by atoms with van der Waals surface area (Å²) in [5, 5.41) is 7.48. The fourth-order valence-corrected chi connectivity index (χ4v) is 1.58. The first-order chi connectivity index (χ1) is 9.20. The number of hydrogen-bond acceptors (Lipinski definition) is 4. The molecule has 1 aromatic carbocycles. The second-order valence-electron chi connectivity index (χ2n) is 3.79. The third kappa shape index (κ3) is 3.22. The average Bonchev–Trinajstić information content (AvgIpc) is 2.42. The second-order valence-corrected chi connectivity index (χ2v) is 3.79. The summed E-state index contributed by atoms with van der Waals surface area (Å²) in [6, 6.07) is 8.88. The van der Waals surface area contributed by atoms with Crippen LogP contribution in [0.25, 0.3) is 0 Å². The number of amidine groups is 1. The number of rotatable bonds is 5. The van der Waals surface area contributed by atoms with Gasteiger partial charge in [-0.2, -0.15) is 0 Å². The summed E-state index contributed by atoms with van der Waals surface area (Å²) < 4.78 is 11.0. The molecule has 0 saturated carbocycles. The molecular formula is C14H15N3O2. The predicted molar refractivity (Wildman–Crippen MR) is 72.9 cm³/mol. The molecule has 3 N–H and O–H groups in total. The molecule has 0 atom stereocenters. The molecule has 0 saturated heterocycles. The largest absolute Gasteiger partial charge is 0.494 e. The lowest BCUT2D eigenvalue weighted by molar-refractivity contribution is 0.339. The molecule has 0 aliphatic rings. The van der Waals surface area contributed by atoms with Gasteiger partial charge in [-0.1, -0.05) is 0 Å². The third-order valence-corrected chi connectivity index (χ3v) is 2.44. The third-order valence-electron chi connectivity index (χ3n) is 2.44. The number of ether oxygens (including phenoxy) is 2. The number of nitrogens with zero attached hydrogens (tertiary/aromatic N) is 1. The smallest absolute Gasteiger partial charge is 0.156 e. The van der Waals surface area contributed by atoms with Crippen molar-refractivity contribution in [2.24, 2.45) is 5.73 Å². The maximum absolute atomic E-state index is 7.48. The summed E-state index contributed by atoms with van der Waals surface area (Å²) in [6.45, 7) is 2.55. The Balaban J connectivity index is 2.19. The van der Waals surface area contributed by atoms with E-state index in [1.807, 2.05) is 19.1 Å². The number of hydrogen-bond donors (Lipinski definition) is 2. The first kappa shape index (κ1) is 12.9. The van der Waals surface area contributed by atoms with Crippen molar-refractivity contribution in [3.05, 3.63) is 48.3 Å². The van der Waals surface area contributed by atoms with E-state index >= 15 is 0 Å². The Morgan fingerprint density at radius 2 is 1.89 bits per heavy atom. The van der Waals surface area contributed by atoms with Crippen LogP contribution in [0, 0.1) is 5.41 Å². The average molecular weight is 257 g/mol. The van der Waals surface area contributed by atoms with Crippen LogP contribution in [0.5, 0.6) is 17.2 Å². The number of aromatic nitrogens is 1. The number of pyridine rings is 1. The number of nitrogens with one attached hydrogen (secondary N) is 1. The van der Waals surface area contributed by atoms with Crippen LogP contribution in [0.1, 0.15) is 12.5 Å². The molecule has 19 heavy (non-hydrogen) atoms. The van der Waals surface area contributed by atoms with Crippen LogP contribution in [-0.4, -0.2) is 17.4 Å². The fraction of sp³-hybridized carbons (Fsp3) is 0.143. The van der Waals surface area contributed by atoms with Gasteiger partial charge in [0.15, 0.2) is 5.75 Å². The van der Waals surface area contributed by atoms with E-state index in [4.69, 9.17) is 20.6 Å². The zero-order valence-electron chi connectivity index (χ0n) is 10.6. The molecule has 1 aromatic heterocycles. The van der Waals surface area contributed by atoms with Gasteiger partial charge in [0.05, 0.1) is 18.4 Å². The highest BCUT2D eigenvalue weighted by Crippen LogP contribution is 2.25. The van der Waals surface area contributed by atoms with Gasteiger partial charge < -0.3 is 15.2 Å². The predicted octanol–water partition coefficient (Wildman–Crippen LogP) is 2.56. The lowest BCUT2D eigenvalue weighted by Gasteiger charge is -2.10. The molecule has 1 heterocycles. The number of nitrogens with two attached hydrogens (primary N) is 1. The molecule has 0 amide bonds. The maximum Gasteiger partial charge on any atom is 0.156 e. The zero-order chi connectivity index (χ0) is 13.7. The van der Waals surface area contributed by atoms with E-state index in [1.54, 1.807) is 24.4 Å². The summed E-state index contributed by atoms with van der Waals surface area (Å²) in [7, 11) is 0. The maximum atomic E-state index is 7.48. The SMILES string of the molecule is CCOc1ccc(Oc2cnccc2C(=N)N)cc1. The van der Waals surface area contributed by atoms with Crippen molar-refractivity contribution in [1.29, 1.82) is 5.41 Å². The quantitative estimate of drug-likeness (QED) is 0.637. The van der Waals surface area contributed by atoms with Gasteiger partial charge in [0.2, 0.25) is 0 Å². The first-order valence-electron chi connectivity index (χ1n) is 5.90. The molecule has 0 aliphatic carbocycles. The topological polar surface area (TPSA) is 81.2 Å². The number of benzene rings is 1. The highest BCUT2D eigenvalue weighted by atomic mass is 16.5. The molecule has 2 rings (SSSR count). The van der Waals surface area contributed by atoms with E-state index in [0.717, 1.165) is 5.75 Å². The fourth-order valence-electron chi connectivity index (χ4n) is 1.58. The summed E-state index contributed by atoms with van der Waals surface area (Å²) in [4.78, 5) is 3.97. The Kier molecular flexibility index (Phi) is 3.97. The van der Waals surface area contributed by atoms with Gasteiger partial charge in [0.1, 0.15) is 17.3 Å². The van der Waals surface area contributed by atoms with Gasteiger partial charge in [0, 0.05) is 6.20 Å². The summed E-state index contributed by atoms with van der Waals surface area (Å²) >= 11 is 0. The lowest BCUT2D eigenvalue weighted by atomic mass is 10.2. The molecule has 0 unspecified atom stereocenters. The molecule has 2 aromatic rings. The van der Waals surface area contributed by atoms with Gasteiger partial charge in [-0.05, 0) is 37.3 Å². The van der Waals surface area contributed by atoms with Crippen LogP contribution in [0.15, 0.2) is 42.7 Å². The van der Waals surface area contributed by atoms with Gasteiger partial charge in [-0.25, -0.2) is 0 Å². The van der Waals surface area contributed by atoms with Crippen LogP contribution in [0.2, 0.25) is 0 Å². The van der Waals surface area contributed by atoms with Gasteiger partial charge >= 0.3 is 0 Å². The van der Waals surface area contributed by atoms with E-state index in [0.29, 0.717) is 23.7 Å². The Hall–Kier alpha value is -2.56. The van der Waals surface area contributed by atoms with Gasteiger partial charge in [-0.15, -0.1) is 0 Å². The molecule has 0 fully saturated rings. The minimum absolute atomic E-state index is 0.0525. The zero-order valence-corrected chi connectivity index (χ0v) is 10.6. The van der Waals surface area contributed by atoms with Crippen LogP contribution in [0.4, 0.5) is 0 Å². The van der Waals surface area contributed by atoms with E-state index in [-0.39, 0.29) is 5.84 Å². The molecule has 0 spiro atoms. The van der Waals surface area contributed by atoms with Gasteiger partial charge in [0.25, 0.3) is 0 Å². The van der Waals surface area contributed by atoms with Crippen LogP contribution < -0.4 is 15.2 Å². The van der Waals surface area contributed by atoms with Crippen molar-refractivity contribution < 1.29 is 9.47 Å². The number of nitrogen functional groups attached to an aromatic ring is 1. The molecular weight excluding hydrogens is 242 g/mol. The molecule has 0 aliphatic heterocycles. The summed E-state index contributed by atoms with van der Waals surface area (Å²) in [6.07, 6.45) is 3.11. The van der Waals surface area contributed by atoms with Crippen molar-refractivity contribution in [3.8, 4) is 17.2 Å². The van der Waals surface area contributed by atoms with E-state index in [9.17, 15) is 0 Å². The molecule has 98 valence electrons. The van der Waals surface area contributed by atoms with Crippen molar-refractivity contribution in [1.82, 2.24) is 4.98 Å². The summed E-state index contributed by atoms with van der Waals surface area (Å²) in [5.74, 6) is 1.83. The second kappa shape index (κ2) is 5.86. The molecule has 0 bridgehead atoms. The molecule has 5 nitrogen and oxygen atoms in total. The Morgan fingerprint density at radius 1 is 1.21 bits per heavy atom. The Bertz CT molecular complexity index is 567. The van der Waals surface area contributed by atoms with Crippen molar-refractivity contribution in [3.63, 3.8) is 0 Å². The summed E-state index contributed by atoms with van der Waals surface area (Å²) in [5.41, 5.74) is 6.00. The van der Waals surface area contributed by atoms with Crippen molar-refractivity contribution in [2.75, 3.05) is 6.61 Å². The molecule has 0 radical (unpaired) electrons. The molecule has 5 heteroatoms. The van der Waals surface area contributed by atoms with Crippen molar-refractivity contribution in [2.45, 2.75) is 6.92 Å². The van der Waals surface area contributed by atoms with Gasteiger partial charge in [-0.3, -0.25) is 10.4 Å². The first-order valence-corrected chi connectivity index (χ1v) is 5.90. The van der Waals surface area contributed by atoms with E-state index < -0.39 is 0 Å². The Morgan fingerprint density at radius 3 is 2.53 bits per heavy atom. The van der Waals surface area contributed by atoms with E-state index in [1.165, 1.54) is 6.20 Å². The highest BCUT2D eigenvalue weighted by molar-refractivity contribution is 5.97. The normalized spacial score (nSPS) is 9.95. The van der Waals surface area contributed by atoms with Crippen LogP contribution in [-0.2, 0) is 0 Å². The van der Waals surface area contributed by atoms with Crippen LogP contribution >= 0.6 is 0 Å². The minimum atomic E-state index is -0.0525. The van der Waals surface area contributed by atoms with Crippen LogP contribution in [0.3, 0.4) is 0 Å². The van der Waals surface area contributed by atoms with Crippen molar-refractivity contribution >= 4 is 5.84 Å². The van der Waals surface area contributed by atoms with E-state index in [2.05, 4.69) is 4.98 Å². The standard InChI is InChI=1S/C14H15N3O2/c1-2-18-10-3-5-11(6-4-10)19-13-9-17-8-7-12(13)14(15)16/h3-9H,2H2,1H3,(H3,15,16). The highest BCUT2D eigenvalue weighted by Gasteiger charge is 2.07. The minimum Gasteiger partial charge on any atom is -0.494 e.